The number of hydrogen-bond donors (Lipinski definition) is 2. The zero-order valence-corrected chi connectivity index (χ0v) is 11.9. The minimum Gasteiger partial charge on any atom is -0.488 e. The maximum Gasteiger partial charge on any atom is 0.307 e. The average molecular weight is 286 g/mol. The molecule has 0 atom stereocenters. The summed E-state index contributed by atoms with van der Waals surface area (Å²) in [5, 5.41) is 18.3. The van der Waals surface area contributed by atoms with E-state index in [4.69, 9.17) is 9.84 Å². The molecule has 21 heavy (non-hydrogen) atoms. The monoisotopic (exact) mass is 286 g/mol. The predicted octanol–water partition coefficient (Wildman–Crippen LogP) is 2.69. The molecule has 0 radical (unpaired) electrons. The lowest BCUT2D eigenvalue weighted by atomic mass is 10.1. The second kappa shape index (κ2) is 6.90. The molecule has 2 aromatic rings. The summed E-state index contributed by atoms with van der Waals surface area (Å²) in [6.07, 6.45) is -0.0276. The van der Waals surface area contributed by atoms with E-state index in [1.807, 2.05) is 43.3 Å². The number of carbonyl (C=O) groups is 1. The lowest BCUT2D eigenvalue weighted by Gasteiger charge is -2.14. The molecule has 0 bridgehead atoms. The van der Waals surface area contributed by atoms with Gasteiger partial charge in [-0.1, -0.05) is 42.5 Å². The van der Waals surface area contributed by atoms with Gasteiger partial charge in [0.2, 0.25) is 0 Å². The molecule has 0 aromatic heterocycles. The summed E-state index contributed by atoms with van der Waals surface area (Å²) in [5.74, 6) is -0.209. The van der Waals surface area contributed by atoms with Gasteiger partial charge in [-0.15, -0.1) is 0 Å². The average Bonchev–Trinajstić information content (AvgIpc) is 2.46. The Bertz CT molecular complexity index is 634. The van der Waals surface area contributed by atoms with Crippen molar-refractivity contribution in [3.8, 4) is 5.75 Å². The van der Waals surface area contributed by atoms with Crippen molar-refractivity contribution < 1.29 is 19.7 Å². The van der Waals surface area contributed by atoms with Crippen LogP contribution in [-0.4, -0.2) is 16.2 Å². The van der Waals surface area contributed by atoms with Gasteiger partial charge in [-0.25, -0.2) is 0 Å². The first-order chi connectivity index (χ1) is 10.1. The van der Waals surface area contributed by atoms with Crippen molar-refractivity contribution in [2.45, 2.75) is 26.6 Å². The van der Waals surface area contributed by atoms with Crippen LogP contribution < -0.4 is 4.74 Å². The van der Waals surface area contributed by atoms with E-state index in [9.17, 15) is 9.90 Å². The summed E-state index contributed by atoms with van der Waals surface area (Å²) < 4.78 is 5.81. The standard InChI is InChI=1S/C17H18O4/c1-12-5-4-8-14(10-18)17(12)21-11-15-7-3-2-6-13(15)9-16(19)20/h2-8,18H,9-11H2,1H3,(H,19,20). The molecule has 2 N–H and O–H groups in total. The molecule has 0 aliphatic carbocycles. The maximum absolute atomic E-state index is 10.9. The molecule has 0 unspecified atom stereocenters. The third-order valence-electron chi connectivity index (χ3n) is 3.30. The first kappa shape index (κ1) is 15.1. The summed E-state index contributed by atoms with van der Waals surface area (Å²) >= 11 is 0. The number of aliphatic carboxylic acids is 1. The van der Waals surface area contributed by atoms with Crippen LogP contribution in [-0.2, 0) is 24.4 Å². The van der Waals surface area contributed by atoms with Gasteiger partial charge in [0.15, 0.2) is 0 Å². The number of hydrogen-bond acceptors (Lipinski definition) is 3. The van der Waals surface area contributed by atoms with Crippen LogP contribution in [0.2, 0.25) is 0 Å². The van der Waals surface area contributed by atoms with E-state index in [1.54, 1.807) is 6.07 Å². The van der Waals surface area contributed by atoms with Crippen molar-refractivity contribution >= 4 is 5.97 Å². The first-order valence-electron chi connectivity index (χ1n) is 6.72. The van der Waals surface area contributed by atoms with E-state index in [-0.39, 0.29) is 19.6 Å². The number of benzene rings is 2. The fourth-order valence-corrected chi connectivity index (χ4v) is 2.23. The van der Waals surface area contributed by atoms with E-state index < -0.39 is 5.97 Å². The molecular formula is C17H18O4. The largest absolute Gasteiger partial charge is 0.488 e. The van der Waals surface area contributed by atoms with Crippen molar-refractivity contribution in [2.24, 2.45) is 0 Å². The molecule has 2 rings (SSSR count). The van der Waals surface area contributed by atoms with Gasteiger partial charge in [0.1, 0.15) is 12.4 Å². The molecule has 0 amide bonds. The minimum absolute atomic E-state index is 0.0276. The highest BCUT2D eigenvalue weighted by Gasteiger charge is 2.10. The summed E-state index contributed by atoms with van der Waals surface area (Å²) in [6.45, 7) is 2.10. The van der Waals surface area contributed by atoms with Crippen molar-refractivity contribution in [1.82, 2.24) is 0 Å². The van der Waals surface area contributed by atoms with Crippen LogP contribution in [0, 0.1) is 6.92 Å². The van der Waals surface area contributed by atoms with Crippen LogP contribution in [0.5, 0.6) is 5.75 Å². The van der Waals surface area contributed by atoms with Crippen LogP contribution in [0.15, 0.2) is 42.5 Å². The lowest BCUT2D eigenvalue weighted by Crippen LogP contribution is -2.07. The third-order valence-corrected chi connectivity index (χ3v) is 3.30. The number of carboxylic acids is 1. The highest BCUT2D eigenvalue weighted by molar-refractivity contribution is 5.70. The number of aliphatic hydroxyl groups excluding tert-OH is 1. The van der Waals surface area contributed by atoms with Gasteiger partial charge in [-0.05, 0) is 23.6 Å². The number of ether oxygens (including phenoxy) is 1. The molecule has 0 spiro atoms. The number of para-hydroxylation sites is 1. The van der Waals surface area contributed by atoms with E-state index >= 15 is 0 Å². The summed E-state index contributed by atoms with van der Waals surface area (Å²) in [5.41, 5.74) is 3.25. The fourth-order valence-electron chi connectivity index (χ4n) is 2.23. The Kier molecular flexibility index (Phi) is 4.95. The number of aryl methyl sites for hydroxylation is 1. The highest BCUT2D eigenvalue weighted by Crippen LogP contribution is 2.25. The van der Waals surface area contributed by atoms with Crippen molar-refractivity contribution in [3.63, 3.8) is 0 Å². The Labute approximate surface area is 123 Å². The Morgan fingerprint density at radius 2 is 1.71 bits per heavy atom. The number of rotatable bonds is 6. The Hall–Kier alpha value is -2.33. The van der Waals surface area contributed by atoms with Gasteiger partial charge < -0.3 is 14.9 Å². The quantitative estimate of drug-likeness (QED) is 0.857. The van der Waals surface area contributed by atoms with Gasteiger partial charge in [0.05, 0.1) is 13.0 Å². The Balaban J connectivity index is 2.19. The Morgan fingerprint density at radius 1 is 1.05 bits per heavy atom. The molecule has 0 heterocycles. The topological polar surface area (TPSA) is 66.8 Å². The van der Waals surface area contributed by atoms with Gasteiger partial charge in [-0.2, -0.15) is 0 Å². The van der Waals surface area contributed by atoms with Gasteiger partial charge in [0.25, 0.3) is 0 Å². The fraction of sp³-hybridized carbons (Fsp3) is 0.235. The maximum atomic E-state index is 10.9. The normalized spacial score (nSPS) is 10.4. The molecule has 0 saturated carbocycles. The van der Waals surface area contributed by atoms with Crippen LogP contribution in [0.1, 0.15) is 22.3 Å². The SMILES string of the molecule is Cc1cccc(CO)c1OCc1ccccc1CC(=O)O. The van der Waals surface area contributed by atoms with Crippen LogP contribution in [0.4, 0.5) is 0 Å². The van der Waals surface area contributed by atoms with Crippen LogP contribution in [0.3, 0.4) is 0 Å². The number of aliphatic hydroxyl groups is 1. The van der Waals surface area contributed by atoms with Gasteiger partial charge >= 0.3 is 5.97 Å². The molecule has 0 aliphatic heterocycles. The summed E-state index contributed by atoms with van der Waals surface area (Å²) in [6, 6.07) is 12.9. The summed E-state index contributed by atoms with van der Waals surface area (Å²) in [4.78, 5) is 10.9. The van der Waals surface area contributed by atoms with Crippen LogP contribution in [0.25, 0.3) is 0 Å². The summed E-state index contributed by atoms with van der Waals surface area (Å²) in [7, 11) is 0. The Morgan fingerprint density at radius 3 is 2.38 bits per heavy atom. The molecule has 0 aliphatic rings. The van der Waals surface area contributed by atoms with Crippen molar-refractivity contribution in [3.05, 3.63) is 64.7 Å². The zero-order chi connectivity index (χ0) is 15.2. The zero-order valence-electron chi connectivity index (χ0n) is 11.9. The second-order valence-electron chi connectivity index (χ2n) is 4.85. The smallest absolute Gasteiger partial charge is 0.307 e. The molecule has 110 valence electrons. The van der Waals surface area contributed by atoms with E-state index in [1.165, 1.54) is 0 Å². The molecule has 0 saturated heterocycles. The second-order valence-corrected chi connectivity index (χ2v) is 4.85. The van der Waals surface area contributed by atoms with E-state index in [0.717, 1.165) is 22.3 Å². The van der Waals surface area contributed by atoms with Crippen molar-refractivity contribution in [2.75, 3.05) is 0 Å². The predicted molar refractivity (Wildman–Crippen MR) is 79.2 cm³/mol. The van der Waals surface area contributed by atoms with E-state index in [0.29, 0.717) is 5.75 Å². The van der Waals surface area contributed by atoms with Gasteiger partial charge in [-0.3, -0.25) is 4.79 Å². The van der Waals surface area contributed by atoms with E-state index in [2.05, 4.69) is 0 Å². The first-order valence-corrected chi connectivity index (χ1v) is 6.72. The van der Waals surface area contributed by atoms with Gasteiger partial charge in [0, 0.05) is 5.56 Å². The molecule has 0 fully saturated rings. The molecule has 4 nitrogen and oxygen atoms in total. The molecule has 2 aromatic carbocycles. The van der Waals surface area contributed by atoms with Crippen molar-refractivity contribution in [1.29, 1.82) is 0 Å². The third kappa shape index (κ3) is 3.83. The molecular weight excluding hydrogens is 268 g/mol. The number of carboxylic acid groups (broad SMARTS) is 1. The van der Waals surface area contributed by atoms with Crippen LogP contribution >= 0.6 is 0 Å². The highest BCUT2D eigenvalue weighted by atomic mass is 16.5. The molecule has 4 heteroatoms. The minimum atomic E-state index is -0.866. The lowest BCUT2D eigenvalue weighted by molar-refractivity contribution is -0.136.